The van der Waals surface area contributed by atoms with Gasteiger partial charge in [0, 0.05) is 24.8 Å². The van der Waals surface area contributed by atoms with E-state index in [2.05, 4.69) is 20.9 Å². The van der Waals surface area contributed by atoms with Gasteiger partial charge in [-0.05, 0) is 63.2 Å². The molecule has 1 fully saturated rings. The first kappa shape index (κ1) is 20.6. The zero-order chi connectivity index (χ0) is 19.2. The SMILES string of the molecule is CC(C)NS(=O)(=O)c1ccc(C(=O)NNC(=S)NCC2CCCO2)cc1. The predicted molar refractivity (Wildman–Crippen MR) is 102 cm³/mol. The van der Waals surface area contributed by atoms with Gasteiger partial charge >= 0.3 is 0 Å². The summed E-state index contributed by atoms with van der Waals surface area (Å²) in [5.41, 5.74) is 5.38. The van der Waals surface area contributed by atoms with E-state index < -0.39 is 15.9 Å². The highest BCUT2D eigenvalue weighted by molar-refractivity contribution is 7.89. The summed E-state index contributed by atoms with van der Waals surface area (Å²) in [6, 6.07) is 5.43. The second-order valence-corrected chi connectivity index (χ2v) is 8.35. The second-order valence-electron chi connectivity index (χ2n) is 6.22. The van der Waals surface area contributed by atoms with Crippen LogP contribution in [0.4, 0.5) is 0 Å². The number of carbonyl (C=O) groups is 1. The van der Waals surface area contributed by atoms with Gasteiger partial charge < -0.3 is 10.1 Å². The van der Waals surface area contributed by atoms with Crippen LogP contribution in [-0.2, 0) is 14.8 Å². The molecule has 1 saturated heterocycles. The van der Waals surface area contributed by atoms with E-state index in [1.54, 1.807) is 13.8 Å². The van der Waals surface area contributed by atoms with Crippen molar-refractivity contribution in [2.24, 2.45) is 0 Å². The molecule has 0 aliphatic carbocycles. The van der Waals surface area contributed by atoms with Crippen molar-refractivity contribution in [3.8, 4) is 0 Å². The van der Waals surface area contributed by atoms with Crippen molar-refractivity contribution in [3.05, 3.63) is 29.8 Å². The maximum absolute atomic E-state index is 12.1. The number of hydrazine groups is 1. The molecule has 1 aromatic carbocycles. The van der Waals surface area contributed by atoms with Crippen molar-refractivity contribution in [1.82, 2.24) is 20.9 Å². The number of amides is 1. The van der Waals surface area contributed by atoms with E-state index in [0.29, 0.717) is 12.1 Å². The van der Waals surface area contributed by atoms with E-state index in [4.69, 9.17) is 17.0 Å². The Balaban J connectivity index is 1.82. The van der Waals surface area contributed by atoms with Crippen molar-refractivity contribution in [2.45, 2.75) is 43.7 Å². The highest BCUT2D eigenvalue weighted by atomic mass is 32.2. The Morgan fingerprint density at radius 1 is 1.27 bits per heavy atom. The number of thiocarbonyl (C=S) groups is 1. The van der Waals surface area contributed by atoms with Gasteiger partial charge in [0.15, 0.2) is 5.11 Å². The molecule has 1 aliphatic rings. The molecule has 0 radical (unpaired) electrons. The lowest BCUT2D eigenvalue weighted by atomic mass is 10.2. The molecule has 0 aromatic heterocycles. The Kier molecular flexibility index (Phi) is 7.33. The van der Waals surface area contributed by atoms with E-state index in [0.717, 1.165) is 19.4 Å². The van der Waals surface area contributed by atoms with Crippen LogP contribution in [0.1, 0.15) is 37.0 Å². The van der Waals surface area contributed by atoms with Gasteiger partial charge in [0.2, 0.25) is 10.0 Å². The maximum Gasteiger partial charge on any atom is 0.269 e. The quantitative estimate of drug-likeness (QED) is 0.410. The van der Waals surface area contributed by atoms with Crippen molar-refractivity contribution in [3.63, 3.8) is 0 Å². The molecule has 26 heavy (non-hydrogen) atoms. The normalized spacial score (nSPS) is 17.1. The molecule has 1 heterocycles. The Hall–Kier alpha value is -1.75. The minimum atomic E-state index is -3.58. The average molecular weight is 401 g/mol. The second kappa shape index (κ2) is 9.26. The number of ether oxygens (including phenoxy) is 1. The lowest BCUT2D eigenvalue weighted by Gasteiger charge is -2.14. The van der Waals surface area contributed by atoms with Crippen molar-refractivity contribution in [2.75, 3.05) is 13.2 Å². The molecule has 0 bridgehead atoms. The van der Waals surface area contributed by atoms with Gasteiger partial charge in [-0.3, -0.25) is 15.6 Å². The van der Waals surface area contributed by atoms with E-state index >= 15 is 0 Å². The largest absolute Gasteiger partial charge is 0.376 e. The van der Waals surface area contributed by atoms with E-state index in [1.807, 2.05) is 0 Å². The molecule has 10 heteroatoms. The molecule has 2 rings (SSSR count). The molecule has 1 amide bonds. The third-order valence-electron chi connectivity index (χ3n) is 3.62. The standard InChI is InChI=1S/C16H24N4O4S2/c1-11(2)20-26(22,23)14-7-5-12(6-8-14)15(21)18-19-16(25)17-10-13-4-3-9-24-13/h5-8,11,13,20H,3-4,9-10H2,1-2H3,(H,18,21)(H2,17,19,25). The number of carbonyl (C=O) groups excluding carboxylic acids is 1. The van der Waals surface area contributed by atoms with Gasteiger partial charge in [0.1, 0.15) is 0 Å². The van der Waals surface area contributed by atoms with Gasteiger partial charge in [0.05, 0.1) is 11.0 Å². The number of hydrogen-bond acceptors (Lipinski definition) is 5. The monoisotopic (exact) mass is 400 g/mol. The van der Waals surface area contributed by atoms with Crippen LogP contribution in [0, 0.1) is 0 Å². The Morgan fingerprint density at radius 3 is 2.54 bits per heavy atom. The molecule has 0 spiro atoms. The zero-order valence-corrected chi connectivity index (χ0v) is 16.4. The molecule has 8 nitrogen and oxygen atoms in total. The Bertz CT molecular complexity index is 729. The summed E-state index contributed by atoms with van der Waals surface area (Å²) >= 11 is 5.09. The summed E-state index contributed by atoms with van der Waals surface area (Å²) < 4.78 is 32.1. The fraction of sp³-hybridized carbons (Fsp3) is 0.500. The summed E-state index contributed by atoms with van der Waals surface area (Å²) in [6.07, 6.45) is 2.17. The van der Waals surface area contributed by atoms with Gasteiger partial charge in [-0.25, -0.2) is 13.1 Å². The fourth-order valence-corrected chi connectivity index (χ4v) is 3.79. The van der Waals surface area contributed by atoms with Crippen LogP contribution in [0.5, 0.6) is 0 Å². The molecule has 0 saturated carbocycles. The molecule has 1 aromatic rings. The highest BCUT2D eigenvalue weighted by Gasteiger charge is 2.17. The molecule has 1 aliphatic heterocycles. The van der Waals surface area contributed by atoms with Gasteiger partial charge in [-0.1, -0.05) is 0 Å². The Labute approximate surface area is 159 Å². The number of benzene rings is 1. The number of nitrogens with one attached hydrogen (secondary N) is 4. The zero-order valence-electron chi connectivity index (χ0n) is 14.7. The first-order valence-electron chi connectivity index (χ1n) is 8.36. The van der Waals surface area contributed by atoms with Gasteiger partial charge in [-0.2, -0.15) is 0 Å². The van der Waals surface area contributed by atoms with Crippen LogP contribution < -0.4 is 20.9 Å². The minimum absolute atomic E-state index is 0.101. The molecule has 1 unspecified atom stereocenters. The van der Waals surface area contributed by atoms with Crippen molar-refractivity contribution in [1.29, 1.82) is 0 Å². The molecule has 1 atom stereocenters. The van der Waals surface area contributed by atoms with Crippen LogP contribution in [0.25, 0.3) is 0 Å². The molecular weight excluding hydrogens is 376 g/mol. The third-order valence-corrected chi connectivity index (χ3v) is 5.54. The first-order chi connectivity index (χ1) is 12.3. The van der Waals surface area contributed by atoms with Gasteiger partial charge in [-0.15, -0.1) is 0 Å². The lowest BCUT2D eigenvalue weighted by Crippen LogP contribution is -2.48. The summed E-state index contributed by atoms with van der Waals surface area (Å²) in [5.74, 6) is -0.424. The van der Waals surface area contributed by atoms with Crippen LogP contribution in [-0.4, -0.2) is 44.7 Å². The average Bonchev–Trinajstić information content (AvgIpc) is 3.10. The number of rotatable bonds is 6. The molecular formula is C16H24N4O4S2. The van der Waals surface area contributed by atoms with Crippen LogP contribution >= 0.6 is 12.2 Å². The topological polar surface area (TPSA) is 109 Å². The van der Waals surface area contributed by atoms with Crippen LogP contribution in [0.2, 0.25) is 0 Å². The smallest absolute Gasteiger partial charge is 0.269 e. The van der Waals surface area contributed by atoms with Gasteiger partial charge in [0.25, 0.3) is 5.91 Å². The third kappa shape index (κ3) is 6.20. The van der Waals surface area contributed by atoms with E-state index in [9.17, 15) is 13.2 Å². The highest BCUT2D eigenvalue weighted by Crippen LogP contribution is 2.11. The van der Waals surface area contributed by atoms with Crippen LogP contribution in [0.3, 0.4) is 0 Å². The molecule has 4 N–H and O–H groups in total. The summed E-state index contributed by atoms with van der Waals surface area (Å²) in [7, 11) is -3.58. The maximum atomic E-state index is 12.1. The summed E-state index contributed by atoms with van der Waals surface area (Å²) in [5, 5.41) is 3.26. The van der Waals surface area contributed by atoms with Crippen molar-refractivity contribution < 1.29 is 17.9 Å². The van der Waals surface area contributed by atoms with Crippen molar-refractivity contribution >= 4 is 33.3 Å². The van der Waals surface area contributed by atoms with Crippen LogP contribution in [0.15, 0.2) is 29.2 Å². The lowest BCUT2D eigenvalue weighted by molar-refractivity contribution is 0.0943. The summed E-state index contributed by atoms with van der Waals surface area (Å²) in [4.78, 5) is 12.2. The number of hydrogen-bond donors (Lipinski definition) is 4. The minimum Gasteiger partial charge on any atom is -0.376 e. The fourth-order valence-electron chi connectivity index (χ4n) is 2.41. The van der Waals surface area contributed by atoms with E-state index in [1.165, 1.54) is 24.3 Å². The summed E-state index contributed by atoms with van der Waals surface area (Å²) in [6.45, 7) is 4.82. The predicted octanol–water partition coefficient (Wildman–Crippen LogP) is 0.661. The molecule has 144 valence electrons. The first-order valence-corrected chi connectivity index (χ1v) is 10.3. The number of sulfonamides is 1. The van der Waals surface area contributed by atoms with E-state index in [-0.39, 0.29) is 22.2 Å². The Morgan fingerprint density at radius 2 is 1.96 bits per heavy atom.